The van der Waals surface area contributed by atoms with Crippen LogP contribution in [0.15, 0.2) is 40.9 Å². The topological polar surface area (TPSA) is 67.4 Å². The SMILES string of the molecule is CCC(=O)Nc1cc(NC(=O)COc2ccc(Br)cc2C(C)C)ccc1C. The van der Waals surface area contributed by atoms with E-state index in [9.17, 15) is 9.59 Å². The highest BCUT2D eigenvalue weighted by Gasteiger charge is 2.11. The molecule has 0 spiro atoms. The fourth-order valence-electron chi connectivity index (χ4n) is 2.52. The van der Waals surface area contributed by atoms with Gasteiger partial charge in [0.15, 0.2) is 6.61 Å². The predicted molar refractivity (Wildman–Crippen MR) is 112 cm³/mol. The van der Waals surface area contributed by atoms with Gasteiger partial charge in [0.1, 0.15) is 5.75 Å². The van der Waals surface area contributed by atoms with E-state index in [1.54, 1.807) is 19.1 Å². The van der Waals surface area contributed by atoms with Crippen molar-refractivity contribution in [1.82, 2.24) is 0 Å². The molecule has 0 radical (unpaired) electrons. The summed E-state index contributed by atoms with van der Waals surface area (Å²) in [6, 6.07) is 11.2. The third-order valence-electron chi connectivity index (χ3n) is 4.07. The summed E-state index contributed by atoms with van der Waals surface area (Å²) in [6.45, 7) is 7.76. The normalized spacial score (nSPS) is 10.6. The molecule has 0 bridgehead atoms. The Kier molecular flexibility index (Phi) is 7.42. The molecule has 0 heterocycles. The van der Waals surface area contributed by atoms with Gasteiger partial charge in [-0.25, -0.2) is 0 Å². The first-order chi connectivity index (χ1) is 12.8. The number of carbonyl (C=O) groups excluding carboxylic acids is 2. The summed E-state index contributed by atoms with van der Waals surface area (Å²) >= 11 is 3.46. The molecule has 2 rings (SSSR count). The molecular formula is C21H25BrN2O3. The Balaban J connectivity index is 2.02. The molecule has 2 amide bonds. The Morgan fingerprint density at radius 1 is 1.07 bits per heavy atom. The summed E-state index contributed by atoms with van der Waals surface area (Å²) in [5.74, 6) is 0.649. The smallest absolute Gasteiger partial charge is 0.262 e. The van der Waals surface area contributed by atoms with Gasteiger partial charge in [-0.15, -0.1) is 0 Å². The number of halogens is 1. The number of aryl methyl sites for hydroxylation is 1. The van der Waals surface area contributed by atoms with Gasteiger partial charge in [-0.3, -0.25) is 9.59 Å². The number of rotatable bonds is 7. The molecule has 0 saturated heterocycles. The molecule has 5 nitrogen and oxygen atoms in total. The lowest BCUT2D eigenvalue weighted by molar-refractivity contribution is -0.118. The van der Waals surface area contributed by atoms with E-state index in [1.165, 1.54) is 0 Å². The summed E-state index contributed by atoms with van der Waals surface area (Å²) < 4.78 is 6.70. The van der Waals surface area contributed by atoms with Crippen molar-refractivity contribution in [3.63, 3.8) is 0 Å². The quantitative estimate of drug-likeness (QED) is 0.627. The number of hydrogen-bond donors (Lipinski definition) is 2. The minimum Gasteiger partial charge on any atom is -0.483 e. The van der Waals surface area contributed by atoms with Crippen molar-refractivity contribution >= 4 is 39.1 Å². The van der Waals surface area contributed by atoms with Crippen LogP contribution >= 0.6 is 15.9 Å². The minimum atomic E-state index is -0.260. The largest absolute Gasteiger partial charge is 0.483 e. The summed E-state index contributed by atoms with van der Waals surface area (Å²) in [6.07, 6.45) is 0.398. The molecule has 6 heteroatoms. The Morgan fingerprint density at radius 2 is 1.81 bits per heavy atom. The van der Waals surface area contributed by atoms with Crippen LogP contribution in [-0.4, -0.2) is 18.4 Å². The maximum Gasteiger partial charge on any atom is 0.262 e. The van der Waals surface area contributed by atoms with Crippen LogP contribution in [0.2, 0.25) is 0 Å². The van der Waals surface area contributed by atoms with Gasteiger partial charge in [-0.05, 0) is 54.3 Å². The van der Waals surface area contributed by atoms with E-state index < -0.39 is 0 Å². The van der Waals surface area contributed by atoms with E-state index in [0.29, 0.717) is 23.5 Å². The summed E-state index contributed by atoms with van der Waals surface area (Å²) in [5.41, 5.74) is 3.27. The Hall–Kier alpha value is -2.34. The highest BCUT2D eigenvalue weighted by molar-refractivity contribution is 9.10. The van der Waals surface area contributed by atoms with Crippen LogP contribution in [0.25, 0.3) is 0 Å². The van der Waals surface area contributed by atoms with E-state index >= 15 is 0 Å². The Bertz CT molecular complexity index is 834. The highest BCUT2D eigenvalue weighted by Crippen LogP contribution is 2.29. The molecule has 2 N–H and O–H groups in total. The van der Waals surface area contributed by atoms with Gasteiger partial charge in [0, 0.05) is 22.3 Å². The maximum absolute atomic E-state index is 12.3. The van der Waals surface area contributed by atoms with E-state index in [2.05, 4.69) is 40.4 Å². The fourth-order valence-corrected chi connectivity index (χ4v) is 2.89. The molecule has 0 fully saturated rings. The van der Waals surface area contributed by atoms with Gasteiger partial charge in [0.05, 0.1) is 0 Å². The van der Waals surface area contributed by atoms with Crippen LogP contribution in [0.3, 0.4) is 0 Å². The Labute approximate surface area is 168 Å². The van der Waals surface area contributed by atoms with Crippen LogP contribution in [0.1, 0.15) is 44.2 Å². The number of carbonyl (C=O) groups is 2. The van der Waals surface area contributed by atoms with Gasteiger partial charge in [-0.1, -0.05) is 42.8 Å². The lowest BCUT2D eigenvalue weighted by Crippen LogP contribution is -2.21. The lowest BCUT2D eigenvalue weighted by Gasteiger charge is -2.15. The zero-order chi connectivity index (χ0) is 20.0. The third kappa shape index (κ3) is 6.10. The first-order valence-corrected chi connectivity index (χ1v) is 9.72. The summed E-state index contributed by atoms with van der Waals surface area (Å²) in [7, 11) is 0. The molecule has 2 aromatic rings. The molecule has 0 aromatic heterocycles. The second-order valence-electron chi connectivity index (χ2n) is 6.61. The van der Waals surface area contributed by atoms with Crippen LogP contribution in [0.4, 0.5) is 11.4 Å². The van der Waals surface area contributed by atoms with Crippen LogP contribution in [0.5, 0.6) is 5.75 Å². The molecule has 0 unspecified atom stereocenters. The molecule has 2 aromatic carbocycles. The average Bonchev–Trinajstić information content (AvgIpc) is 2.63. The highest BCUT2D eigenvalue weighted by atomic mass is 79.9. The summed E-state index contributed by atoms with van der Waals surface area (Å²) in [4.78, 5) is 23.9. The monoisotopic (exact) mass is 432 g/mol. The Morgan fingerprint density at radius 3 is 2.48 bits per heavy atom. The number of hydrogen-bond acceptors (Lipinski definition) is 3. The van der Waals surface area contributed by atoms with E-state index in [0.717, 1.165) is 15.6 Å². The van der Waals surface area contributed by atoms with E-state index in [-0.39, 0.29) is 24.3 Å². The number of anilines is 2. The number of amides is 2. The zero-order valence-corrected chi connectivity index (χ0v) is 17.6. The molecule has 144 valence electrons. The molecule has 0 aliphatic carbocycles. The number of benzene rings is 2. The standard InChI is InChI=1S/C21H25BrN2O3/c1-5-20(25)24-18-11-16(8-6-14(18)4)23-21(26)12-27-19-9-7-15(22)10-17(19)13(2)3/h6-11,13H,5,12H2,1-4H3,(H,23,26)(H,24,25). The molecule has 0 atom stereocenters. The van der Waals surface area contributed by atoms with Crippen molar-refractivity contribution in [1.29, 1.82) is 0 Å². The van der Waals surface area contributed by atoms with Crippen LogP contribution < -0.4 is 15.4 Å². The van der Waals surface area contributed by atoms with E-state index in [4.69, 9.17) is 4.74 Å². The van der Waals surface area contributed by atoms with Crippen molar-refractivity contribution in [3.05, 3.63) is 52.0 Å². The van der Waals surface area contributed by atoms with Crippen molar-refractivity contribution in [2.45, 2.75) is 40.0 Å². The molecular weight excluding hydrogens is 408 g/mol. The molecule has 0 saturated carbocycles. The van der Waals surface area contributed by atoms with Gasteiger partial charge in [-0.2, -0.15) is 0 Å². The minimum absolute atomic E-state index is 0.0682. The van der Waals surface area contributed by atoms with Crippen molar-refractivity contribution in [3.8, 4) is 5.75 Å². The zero-order valence-electron chi connectivity index (χ0n) is 16.1. The molecule has 27 heavy (non-hydrogen) atoms. The van der Waals surface area contributed by atoms with Crippen LogP contribution in [0, 0.1) is 6.92 Å². The molecule has 0 aliphatic heterocycles. The second kappa shape index (κ2) is 9.55. The molecule has 0 aliphatic rings. The van der Waals surface area contributed by atoms with E-state index in [1.807, 2.05) is 31.2 Å². The predicted octanol–water partition coefficient (Wildman–Crippen LogP) is 5.25. The van der Waals surface area contributed by atoms with Gasteiger partial charge < -0.3 is 15.4 Å². The van der Waals surface area contributed by atoms with Crippen molar-refractivity contribution in [2.75, 3.05) is 17.2 Å². The van der Waals surface area contributed by atoms with Crippen LogP contribution in [-0.2, 0) is 9.59 Å². The number of nitrogens with one attached hydrogen (secondary N) is 2. The van der Waals surface area contributed by atoms with Gasteiger partial charge in [0.2, 0.25) is 5.91 Å². The van der Waals surface area contributed by atoms with Gasteiger partial charge in [0.25, 0.3) is 5.91 Å². The first kappa shape index (κ1) is 21.0. The fraction of sp³-hybridized carbons (Fsp3) is 0.333. The average molecular weight is 433 g/mol. The first-order valence-electron chi connectivity index (χ1n) is 8.92. The number of ether oxygens (including phenoxy) is 1. The lowest BCUT2D eigenvalue weighted by atomic mass is 10.0. The van der Waals surface area contributed by atoms with Crippen molar-refractivity contribution in [2.24, 2.45) is 0 Å². The maximum atomic E-state index is 12.3. The van der Waals surface area contributed by atoms with Crippen molar-refractivity contribution < 1.29 is 14.3 Å². The second-order valence-corrected chi connectivity index (χ2v) is 7.52. The van der Waals surface area contributed by atoms with Gasteiger partial charge >= 0.3 is 0 Å². The summed E-state index contributed by atoms with van der Waals surface area (Å²) in [5, 5.41) is 5.64. The third-order valence-corrected chi connectivity index (χ3v) is 4.56.